The Morgan fingerprint density at radius 3 is 2.34 bits per heavy atom. The van der Waals surface area contributed by atoms with Crippen LogP contribution < -0.4 is 21.8 Å². The molecule has 44 heavy (non-hydrogen) atoms. The third-order valence-corrected chi connectivity index (χ3v) is 10.5. The molecule has 2 bridgehead atoms. The van der Waals surface area contributed by atoms with Gasteiger partial charge in [0.1, 0.15) is 0 Å². The van der Waals surface area contributed by atoms with Gasteiger partial charge in [0.2, 0.25) is 5.91 Å². The Kier molecular flexibility index (Phi) is 14.2. The van der Waals surface area contributed by atoms with Crippen molar-refractivity contribution in [2.75, 3.05) is 13.1 Å². The molecule has 0 unspecified atom stereocenters. The maximum atomic E-state index is 13.8. The van der Waals surface area contributed by atoms with Crippen LogP contribution in [0.3, 0.4) is 0 Å². The first-order valence-electron chi connectivity index (χ1n) is 17.5. The summed E-state index contributed by atoms with van der Waals surface area (Å²) >= 11 is 0. The van der Waals surface area contributed by atoms with Crippen molar-refractivity contribution in [3.63, 3.8) is 0 Å². The Bertz CT molecular complexity index is 952. The molecule has 0 radical (unpaired) electrons. The number of amides is 1. The molecule has 11 nitrogen and oxygen atoms in total. The predicted molar refractivity (Wildman–Crippen MR) is 176 cm³/mol. The van der Waals surface area contributed by atoms with E-state index in [4.69, 9.17) is 15.0 Å². The van der Waals surface area contributed by atoms with Gasteiger partial charge in [0.25, 0.3) is 5.96 Å². The second-order valence-electron chi connectivity index (χ2n) is 14.7. The zero-order valence-corrected chi connectivity index (χ0v) is 28.4. The molecule has 3 aliphatic carbocycles. The van der Waals surface area contributed by atoms with E-state index in [0.717, 1.165) is 32.2 Å². The summed E-state index contributed by atoms with van der Waals surface area (Å²) < 4.78 is 13.3. The zero-order valence-electron chi connectivity index (χ0n) is 28.4. The number of hydrogen-bond donors (Lipinski definition) is 4. The molecule has 252 valence electrons. The van der Waals surface area contributed by atoms with Crippen LogP contribution in [0.15, 0.2) is 4.99 Å². The van der Waals surface area contributed by atoms with Crippen LogP contribution in [0.2, 0.25) is 0 Å². The van der Waals surface area contributed by atoms with E-state index in [9.17, 15) is 14.9 Å². The molecule has 6 atom stereocenters. The van der Waals surface area contributed by atoms with Crippen molar-refractivity contribution in [3.8, 4) is 0 Å². The molecule has 4 aliphatic rings. The van der Waals surface area contributed by atoms with Gasteiger partial charge in [-0.25, -0.2) is 15.1 Å². The standard InChI is InChI=1S/C32H61BN6O5/c1-7-8-9-10-11-12-13-14-15-18-35-25(17-16-19-36-30(34)38-39(41)42)29(40)37-28(20-23(2)3)33-43-27-22-24-21-26(31(24,4)5)32(27,6)44-33/h23-28,35H,7-22H2,1-6H3,(H,37,40)(H3,34,36,38)/t24-,25-,26-,27+,28-,32-/m0/s1. The number of guanidine groups is 1. The molecule has 0 aromatic carbocycles. The van der Waals surface area contributed by atoms with E-state index in [1.807, 2.05) is 5.43 Å². The number of hydrazine groups is 1. The van der Waals surface area contributed by atoms with Gasteiger partial charge in [-0.3, -0.25) is 4.79 Å². The molecule has 1 aliphatic heterocycles. The lowest BCUT2D eigenvalue weighted by atomic mass is 9.43. The summed E-state index contributed by atoms with van der Waals surface area (Å²) in [6, 6.07) is -0.412. The Balaban J connectivity index is 1.56. The number of nitrogens with zero attached hydrogens (tertiary/aromatic N) is 2. The van der Waals surface area contributed by atoms with Crippen LogP contribution in [0.4, 0.5) is 0 Å². The van der Waals surface area contributed by atoms with E-state index >= 15 is 0 Å². The van der Waals surface area contributed by atoms with E-state index in [-0.39, 0.29) is 34.9 Å². The van der Waals surface area contributed by atoms with Gasteiger partial charge in [0, 0.05) is 6.54 Å². The van der Waals surface area contributed by atoms with Crippen LogP contribution in [-0.2, 0) is 14.1 Å². The van der Waals surface area contributed by atoms with Crippen LogP contribution in [0, 0.1) is 33.3 Å². The lowest BCUT2D eigenvalue weighted by Crippen LogP contribution is -2.65. The SMILES string of the molecule is CCCCCCCCCCCN[C@@H](CCCN=C(N)N[N+](=O)[O-])C(=O)N[C@@H](CC(C)C)B1O[C@@H]2C[C@@H]3C[C@@H](C3(C)C)[C@]2(C)O1. The van der Waals surface area contributed by atoms with Gasteiger partial charge in [-0.15, -0.1) is 0 Å². The fraction of sp³-hybridized carbons (Fsp3) is 0.938. The number of hydrogen-bond acceptors (Lipinski definition) is 7. The summed E-state index contributed by atoms with van der Waals surface area (Å²) in [6.45, 7) is 14.5. The summed E-state index contributed by atoms with van der Waals surface area (Å²) in [5.41, 5.74) is 7.36. The molecule has 0 aromatic rings. The van der Waals surface area contributed by atoms with Gasteiger partial charge in [-0.2, -0.15) is 0 Å². The van der Waals surface area contributed by atoms with Crippen LogP contribution in [0.25, 0.3) is 0 Å². The molecule has 12 heteroatoms. The van der Waals surface area contributed by atoms with Crippen LogP contribution >= 0.6 is 0 Å². The molecule has 3 saturated carbocycles. The van der Waals surface area contributed by atoms with Crippen molar-refractivity contribution in [2.45, 2.75) is 155 Å². The van der Waals surface area contributed by atoms with Crippen molar-refractivity contribution in [1.82, 2.24) is 16.1 Å². The summed E-state index contributed by atoms with van der Waals surface area (Å²) in [5.74, 6) is 0.930. The monoisotopic (exact) mass is 620 g/mol. The second kappa shape index (κ2) is 17.1. The third kappa shape index (κ3) is 10.0. The topological polar surface area (TPSA) is 153 Å². The number of aliphatic imine (C=N–C) groups is 1. The number of nitrogens with one attached hydrogen (secondary N) is 3. The molecular formula is C32H61BN6O5. The van der Waals surface area contributed by atoms with Crippen LogP contribution in [0.1, 0.15) is 131 Å². The number of nitrogens with two attached hydrogens (primary N) is 1. The maximum Gasteiger partial charge on any atom is 0.481 e. The number of unbranched alkanes of at least 4 members (excludes halogenated alkanes) is 8. The largest absolute Gasteiger partial charge is 0.481 e. The average Bonchev–Trinajstić information content (AvgIpc) is 3.31. The lowest BCUT2D eigenvalue weighted by Gasteiger charge is -2.64. The number of carbonyl (C=O) groups is 1. The fourth-order valence-electron chi connectivity index (χ4n) is 7.76. The van der Waals surface area contributed by atoms with Gasteiger partial charge in [-0.1, -0.05) is 91.4 Å². The average molecular weight is 621 g/mol. The Morgan fingerprint density at radius 1 is 1.07 bits per heavy atom. The first-order valence-corrected chi connectivity index (χ1v) is 17.5. The van der Waals surface area contributed by atoms with Crippen LogP contribution in [-0.4, -0.2) is 60.8 Å². The van der Waals surface area contributed by atoms with E-state index < -0.39 is 18.2 Å². The predicted octanol–water partition coefficient (Wildman–Crippen LogP) is 5.15. The van der Waals surface area contributed by atoms with E-state index in [1.54, 1.807) is 0 Å². The molecule has 5 N–H and O–H groups in total. The van der Waals surface area contributed by atoms with Crippen LogP contribution in [0.5, 0.6) is 0 Å². The van der Waals surface area contributed by atoms with E-state index in [2.05, 4.69) is 57.2 Å². The van der Waals surface area contributed by atoms with Gasteiger partial charge in [0.05, 0.1) is 23.7 Å². The maximum absolute atomic E-state index is 13.8. The van der Waals surface area contributed by atoms with Crippen molar-refractivity contribution < 1.29 is 19.1 Å². The van der Waals surface area contributed by atoms with Crippen molar-refractivity contribution in [1.29, 1.82) is 0 Å². The number of nitro groups is 1. The summed E-state index contributed by atoms with van der Waals surface area (Å²) in [7, 11) is -0.470. The normalized spacial score (nSPS) is 27.0. The van der Waals surface area contributed by atoms with Crippen molar-refractivity contribution >= 4 is 19.0 Å². The quantitative estimate of drug-likeness (QED) is 0.0343. The molecule has 1 amide bonds. The lowest BCUT2D eigenvalue weighted by molar-refractivity contribution is -0.525. The summed E-state index contributed by atoms with van der Waals surface area (Å²) in [4.78, 5) is 28.4. The minimum absolute atomic E-state index is 0.0625. The van der Waals surface area contributed by atoms with Crippen molar-refractivity contribution in [3.05, 3.63) is 10.1 Å². The molecule has 0 spiro atoms. The highest BCUT2D eigenvalue weighted by Crippen LogP contribution is 2.65. The highest BCUT2D eigenvalue weighted by atomic mass is 16.7. The van der Waals surface area contributed by atoms with Crippen molar-refractivity contribution in [2.24, 2.45) is 33.9 Å². The Labute approximate surface area is 266 Å². The number of rotatable bonds is 21. The fourth-order valence-corrected chi connectivity index (χ4v) is 7.76. The van der Waals surface area contributed by atoms with Gasteiger partial charge in [0.15, 0.2) is 5.03 Å². The van der Waals surface area contributed by atoms with Gasteiger partial charge < -0.3 is 25.7 Å². The molecule has 1 saturated heterocycles. The minimum Gasteiger partial charge on any atom is -0.404 e. The van der Waals surface area contributed by atoms with Gasteiger partial charge >= 0.3 is 7.12 Å². The van der Waals surface area contributed by atoms with Gasteiger partial charge in [-0.05, 0) is 75.2 Å². The summed E-state index contributed by atoms with van der Waals surface area (Å²) in [5, 5.41) is 16.7. The third-order valence-electron chi connectivity index (χ3n) is 10.5. The van der Waals surface area contributed by atoms with E-state index in [0.29, 0.717) is 37.1 Å². The minimum atomic E-state index is -0.731. The molecular weight excluding hydrogens is 559 g/mol. The smallest absolute Gasteiger partial charge is 0.404 e. The highest BCUT2D eigenvalue weighted by molar-refractivity contribution is 6.47. The zero-order chi connectivity index (χ0) is 32.3. The Morgan fingerprint density at radius 2 is 1.73 bits per heavy atom. The summed E-state index contributed by atoms with van der Waals surface area (Å²) in [6.07, 6.45) is 15.3. The molecule has 4 fully saturated rings. The molecule has 0 aromatic heterocycles. The highest BCUT2D eigenvalue weighted by Gasteiger charge is 2.68. The first kappa shape index (κ1) is 36.6. The Hall–Kier alpha value is -1.92. The molecule has 4 rings (SSSR count). The molecule has 1 heterocycles. The number of carbonyl (C=O) groups excluding carboxylic acids is 1. The van der Waals surface area contributed by atoms with E-state index in [1.165, 1.54) is 51.4 Å². The first-order chi connectivity index (χ1) is 20.9. The second-order valence-corrected chi connectivity index (χ2v) is 14.7.